The minimum Gasteiger partial charge on any atom is -0.370 e. The van der Waals surface area contributed by atoms with Crippen LogP contribution in [0.5, 0.6) is 0 Å². The number of nitrogens with two attached hydrogens (primary N) is 1. The molecule has 2 atom stereocenters. The fourth-order valence-electron chi connectivity index (χ4n) is 4.15. The number of nitrogens with zero attached hydrogens (tertiary/aromatic N) is 6. The van der Waals surface area contributed by atoms with Gasteiger partial charge in [-0.2, -0.15) is 5.26 Å². The van der Waals surface area contributed by atoms with Gasteiger partial charge in [0.25, 0.3) is 0 Å². The minimum absolute atomic E-state index is 0.0303. The third-order valence-corrected chi connectivity index (χ3v) is 6.26. The van der Waals surface area contributed by atoms with Gasteiger partial charge in [0.15, 0.2) is 5.65 Å². The molecule has 0 aliphatic carbocycles. The molecule has 0 radical (unpaired) electrons. The fraction of sp³-hybridized carbons (Fsp3) is 0.250. The molecular formula is C24H23ClN8. The lowest BCUT2D eigenvalue weighted by Gasteiger charge is -2.20. The first-order chi connectivity index (χ1) is 16.0. The van der Waals surface area contributed by atoms with Gasteiger partial charge in [-0.1, -0.05) is 23.7 Å². The Bertz CT molecular complexity index is 1340. The second-order valence-corrected chi connectivity index (χ2v) is 8.62. The molecule has 3 N–H and O–H groups in total. The highest BCUT2D eigenvalue weighted by Crippen LogP contribution is 2.28. The number of benzene rings is 1. The predicted molar refractivity (Wildman–Crippen MR) is 129 cm³/mol. The average Bonchev–Trinajstić information content (AvgIpc) is 3.46. The molecule has 0 amide bonds. The van der Waals surface area contributed by atoms with Crippen LogP contribution in [0.1, 0.15) is 30.5 Å². The van der Waals surface area contributed by atoms with E-state index in [1.807, 2.05) is 16.7 Å². The molecule has 1 fully saturated rings. The van der Waals surface area contributed by atoms with Crippen molar-refractivity contribution < 1.29 is 0 Å². The van der Waals surface area contributed by atoms with E-state index in [2.05, 4.69) is 62.4 Å². The standard InChI is InChI=1S/C24H23ClN8/c1-15(16-4-6-19(7-5-16)32-10-8-18(27)14-32)30-24-29-12-17(11-26)22(31-24)21-13-28-23-20(25)3-2-9-33(21)23/h2-7,9,12-13,15,18H,8,10,14,27H2,1H3,(H,29,30,31)/t15-,18+/m0/s1. The summed E-state index contributed by atoms with van der Waals surface area (Å²) in [5.41, 5.74) is 10.5. The van der Waals surface area contributed by atoms with Crippen molar-refractivity contribution in [3.05, 3.63) is 71.1 Å². The molecule has 4 heterocycles. The van der Waals surface area contributed by atoms with Gasteiger partial charge >= 0.3 is 0 Å². The van der Waals surface area contributed by atoms with Crippen LogP contribution >= 0.6 is 11.6 Å². The highest BCUT2D eigenvalue weighted by atomic mass is 35.5. The maximum atomic E-state index is 9.61. The molecule has 9 heteroatoms. The Kier molecular flexibility index (Phi) is 5.58. The maximum absolute atomic E-state index is 9.61. The van der Waals surface area contributed by atoms with Crippen molar-refractivity contribution >= 4 is 28.9 Å². The van der Waals surface area contributed by atoms with Gasteiger partial charge in [0.2, 0.25) is 5.95 Å². The van der Waals surface area contributed by atoms with E-state index in [1.54, 1.807) is 12.3 Å². The van der Waals surface area contributed by atoms with Crippen molar-refractivity contribution in [3.63, 3.8) is 0 Å². The van der Waals surface area contributed by atoms with Crippen molar-refractivity contribution in [3.8, 4) is 17.5 Å². The first-order valence-corrected chi connectivity index (χ1v) is 11.2. The zero-order chi connectivity index (χ0) is 22.9. The first kappa shape index (κ1) is 21.2. The number of anilines is 2. The SMILES string of the molecule is C[C@H](Nc1ncc(C#N)c(-c2cnc3c(Cl)cccn23)n1)c1ccc(N2CC[C@@H](N)C2)cc1. The Hall–Kier alpha value is -3.67. The molecule has 1 aliphatic heterocycles. The van der Waals surface area contributed by atoms with Crippen LogP contribution in [-0.4, -0.2) is 38.5 Å². The minimum atomic E-state index is -0.0303. The van der Waals surface area contributed by atoms with E-state index in [0.717, 1.165) is 25.1 Å². The van der Waals surface area contributed by atoms with E-state index >= 15 is 0 Å². The number of pyridine rings is 1. The summed E-state index contributed by atoms with van der Waals surface area (Å²) in [5, 5.41) is 13.5. The van der Waals surface area contributed by atoms with Crippen LogP contribution in [0, 0.1) is 11.3 Å². The molecule has 3 aromatic heterocycles. The molecular weight excluding hydrogens is 436 g/mol. The molecule has 0 unspecified atom stereocenters. The third kappa shape index (κ3) is 4.09. The van der Waals surface area contributed by atoms with Gasteiger partial charge in [0.05, 0.1) is 34.7 Å². The molecule has 4 aromatic rings. The quantitative estimate of drug-likeness (QED) is 0.464. The summed E-state index contributed by atoms with van der Waals surface area (Å²) in [5.74, 6) is 0.433. The van der Waals surface area contributed by atoms with Crippen molar-refractivity contribution in [1.82, 2.24) is 19.4 Å². The molecule has 166 valence electrons. The van der Waals surface area contributed by atoms with Gasteiger partial charge in [-0.25, -0.2) is 15.0 Å². The summed E-state index contributed by atoms with van der Waals surface area (Å²) < 4.78 is 1.82. The summed E-state index contributed by atoms with van der Waals surface area (Å²) >= 11 is 6.26. The molecule has 1 aromatic carbocycles. The van der Waals surface area contributed by atoms with E-state index < -0.39 is 0 Å². The number of aromatic nitrogens is 4. The van der Waals surface area contributed by atoms with Crippen molar-refractivity contribution in [2.45, 2.75) is 25.4 Å². The van der Waals surface area contributed by atoms with Crippen LogP contribution in [0.3, 0.4) is 0 Å². The number of hydrogen-bond donors (Lipinski definition) is 2. The monoisotopic (exact) mass is 458 g/mol. The molecule has 8 nitrogen and oxygen atoms in total. The Morgan fingerprint density at radius 3 is 2.76 bits per heavy atom. The summed E-state index contributed by atoms with van der Waals surface area (Å²) in [6, 6.07) is 14.4. The highest BCUT2D eigenvalue weighted by molar-refractivity contribution is 6.33. The summed E-state index contributed by atoms with van der Waals surface area (Å²) in [4.78, 5) is 15.7. The lowest BCUT2D eigenvalue weighted by Crippen LogP contribution is -2.26. The van der Waals surface area contributed by atoms with E-state index in [-0.39, 0.29) is 12.1 Å². The second kappa shape index (κ2) is 8.70. The smallest absolute Gasteiger partial charge is 0.223 e. The van der Waals surface area contributed by atoms with Crippen LogP contribution in [0.15, 0.2) is 55.0 Å². The Labute approximate surface area is 196 Å². The van der Waals surface area contributed by atoms with Crippen molar-refractivity contribution in [2.75, 3.05) is 23.3 Å². The predicted octanol–water partition coefficient (Wildman–Crippen LogP) is 4.03. The fourth-order valence-corrected chi connectivity index (χ4v) is 4.37. The topological polar surface area (TPSA) is 108 Å². The van der Waals surface area contributed by atoms with Crippen LogP contribution in [0.25, 0.3) is 17.0 Å². The van der Waals surface area contributed by atoms with Gasteiger partial charge in [-0.05, 0) is 43.2 Å². The number of rotatable bonds is 5. The largest absolute Gasteiger partial charge is 0.370 e. The molecule has 0 bridgehead atoms. The van der Waals surface area contributed by atoms with E-state index in [1.165, 1.54) is 11.9 Å². The van der Waals surface area contributed by atoms with Gasteiger partial charge in [-0.3, -0.25) is 4.40 Å². The van der Waals surface area contributed by atoms with Crippen LogP contribution in [0.2, 0.25) is 5.02 Å². The second-order valence-electron chi connectivity index (χ2n) is 8.21. The summed E-state index contributed by atoms with van der Waals surface area (Å²) in [6.07, 6.45) is 6.07. The van der Waals surface area contributed by atoms with E-state index in [9.17, 15) is 5.26 Å². The van der Waals surface area contributed by atoms with Crippen molar-refractivity contribution in [1.29, 1.82) is 5.26 Å². The number of nitriles is 1. The molecule has 5 rings (SSSR count). The Balaban J connectivity index is 1.40. The summed E-state index contributed by atoms with van der Waals surface area (Å²) in [6.45, 7) is 3.93. The normalized spacial score (nSPS) is 16.7. The zero-order valence-corrected chi connectivity index (χ0v) is 18.9. The van der Waals surface area contributed by atoms with E-state index in [0.29, 0.717) is 33.6 Å². The van der Waals surface area contributed by atoms with Gasteiger partial charge in [-0.15, -0.1) is 0 Å². The molecule has 0 spiro atoms. The van der Waals surface area contributed by atoms with Gasteiger partial charge < -0.3 is 16.0 Å². The number of hydrogen-bond acceptors (Lipinski definition) is 7. The Morgan fingerprint density at radius 2 is 2.03 bits per heavy atom. The van der Waals surface area contributed by atoms with Crippen LogP contribution in [0.4, 0.5) is 11.6 Å². The lowest BCUT2D eigenvalue weighted by molar-refractivity contribution is 0.752. The number of halogens is 1. The molecule has 0 saturated carbocycles. The van der Waals surface area contributed by atoms with Crippen LogP contribution in [-0.2, 0) is 0 Å². The van der Waals surface area contributed by atoms with Gasteiger partial charge in [0.1, 0.15) is 11.8 Å². The van der Waals surface area contributed by atoms with E-state index in [4.69, 9.17) is 17.3 Å². The van der Waals surface area contributed by atoms with Gasteiger partial charge in [0, 0.05) is 31.0 Å². The molecule has 33 heavy (non-hydrogen) atoms. The first-order valence-electron chi connectivity index (χ1n) is 10.8. The number of nitrogens with one attached hydrogen (secondary N) is 1. The third-order valence-electron chi connectivity index (χ3n) is 5.97. The summed E-state index contributed by atoms with van der Waals surface area (Å²) in [7, 11) is 0. The number of imidazole rings is 1. The van der Waals surface area contributed by atoms with Crippen LogP contribution < -0.4 is 16.0 Å². The highest BCUT2D eigenvalue weighted by Gasteiger charge is 2.20. The lowest BCUT2D eigenvalue weighted by atomic mass is 10.1. The molecule has 1 saturated heterocycles. The number of fused-ring (bicyclic) bond motifs is 1. The maximum Gasteiger partial charge on any atom is 0.223 e. The Morgan fingerprint density at radius 1 is 1.21 bits per heavy atom. The average molecular weight is 459 g/mol. The molecule has 1 aliphatic rings. The zero-order valence-electron chi connectivity index (χ0n) is 18.1. The van der Waals surface area contributed by atoms with Crippen molar-refractivity contribution in [2.24, 2.45) is 5.73 Å².